The van der Waals surface area contributed by atoms with Crippen molar-refractivity contribution in [3.05, 3.63) is 62.6 Å². The fourth-order valence-corrected chi connectivity index (χ4v) is 3.34. The number of ketones is 1. The molecule has 3 rings (SSSR count). The molecule has 0 spiro atoms. The number of amides is 1. The zero-order chi connectivity index (χ0) is 21.8. The first kappa shape index (κ1) is 21.4. The fourth-order valence-electron chi connectivity index (χ4n) is 3.07. The summed E-state index contributed by atoms with van der Waals surface area (Å²) in [6, 6.07) is 10.5. The third-order valence-electron chi connectivity index (χ3n) is 4.64. The minimum absolute atomic E-state index is 0.0261. The number of rotatable bonds is 7. The Morgan fingerprint density at radius 3 is 2.57 bits per heavy atom. The summed E-state index contributed by atoms with van der Waals surface area (Å²) in [5.41, 5.74) is 0.560. The molecule has 0 aliphatic carbocycles. The lowest BCUT2D eigenvalue weighted by Gasteiger charge is -2.19. The standard InChI is InChI=1S/C20H17BrN2O7/c1-29-18-9-15(23(27)28)6-7-16(18)22-10-13(8-19(22)25)20(26)30-11-17(24)12-2-4-14(21)5-3-12/h2-7,9,13H,8,10-11H2,1H3/t13-/m0/s1. The van der Waals surface area contributed by atoms with Crippen molar-refractivity contribution in [1.29, 1.82) is 0 Å². The zero-order valence-corrected chi connectivity index (χ0v) is 17.5. The second-order valence-electron chi connectivity index (χ2n) is 6.56. The summed E-state index contributed by atoms with van der Waals surface area (Å²) in [6.45, 7) is -0.398. The number of carbonyl (C=O) groups excluding carboxylic acids is 3. The lowest BCUT2D eigenvalue weighted by atomic mass is 10.1. The van der Waals surface area contributed by atoms with Crippen molar-refractivity contribution in [1.82, 2.24) is 0 Å². The molecular formula is C20H17BrN2O7. The van der Waals surface area contributed by atoms with Crippen LogP contribution in [0.2, 0.25) is 0 Å². The monoisotopic (exact) mass is 476 g/mol. The van der Waals surface area contributed by atoms with Crippen molar-refractivity contribution in [2.45, 2.75) is 6.42 Å². The maximum Gasteiger partial charge on any atom is 0.311 e. The van der Waals surface area contributed by atoms with E-state index in [0.717, 1.165) is 4.47 Å². The number of non-ortho nitro benzene ring substituents is 1. The van der Waals surface area contributed by atoms with Crippen LogP contribution in [0.3, 0.4) is 0 Å². The highest BCUT2D eigenvalue weighted by atomic mass is 79.9. The predicted octanol–water partition coefficient (Wildman–Crippen LogP) is 3.14. The number of methoxy groups -OCH3 is 1. The Kier molecular flexibility index (Phi) is 6.46. The number of esters is 1. The van der Waals surface area contributed by atoms with Gasteiger partial charge in [0.1, 0.15) is 5.75 Å². The average molecular weight is 477 g/mol. The number of Topliss-reactive ketones (excluding diaryl/α,β-unsaturated/α-hetero) is 1. The van der Waals surface area contributed by atoms with Gasteiger partial charge < -0.3 is 14.4 Å². The van der Waals surface area contributed by atoms with Gasteiger partial charge in [-0.2, -0.15) is 0 Å². The van der Waals surface area contributed by atoms with E-state index in [-0.39, 0.29) is 36.1 Å². The Hall–Kier alpha value is -3.27. The molecule has 0 bridgehead atoms. The minimum atomic E-state index is -0.755. The first-order valence-corrected chi connectivity index (χ1v) is 9.67. The number of carbonyl (C=O) groups is 3. The van der Waals surface area contributed by atoms with Crippen molar-refractivity contribution in [3.8, 4) is 5.75 Å². The quantitative estimate of drug-likeness (QED) is 0.260. The summed E-state index contributed by atoms with van der Waals surface area (Å²) >= 11 is 3.28. The number of nitro benzene ring substituents is 1. The second-order valence-corrected chi connectivity index (χ2v) is 7.47. The van der Waals surface area contributed by atoms with Gasteiger partial charge in [0.15, 0.2) is 12.4 Å². The summed E-state index contributed by atoms with van der Waals surface area (Å²) in [5.74, 6) is -1.96. The third kappa shape index (κ3) is 4.65. The number of nitrogens with zero attached hydrogens (tertiary/aromatic N) is 2. The van der Waals surface area contributed by atoms with Crippen LogP contribution in [-0.2, 0) is 14.3 Å². The average Bonchev–Trinajstić information content (AvgIpc) is 3.13. The number of halogens is 1. The smallest absolute Gasteiger partial charge is 0.311 e. The van der Waals surface area contributed by atoms with Crippen LogP contribution in [0.1, 0.15) is 16.8 Å². The van der Waals surface area contributed by atoms with Crippen LogP contribution in [-0.4, -0.2) is 42.8 Å². The van der Waals surface area contributed by atoms with E-state index in [1.807, 2.05) is 0 Å². The number of anilines is 1. The summed E-state index contributed by atoms with van der Waals surface area (Å²) in [4.78, 5) is 48.6. The van der Waals surface area contributed by atoms with Crippen molar-refractivity contribution in [2.24, 2.45) is 5.92 Å². The fraction of sp³-hybridized carbons (Fsp3) is 0.250. The molecule has 0 N–H and O–H groups in total. The highest BCUT2D eigenvalue weighted by Gasteiger charge is 2.37. The van der Waals surface area contributed by atoms with Crippen molar-refractivity contribution in [3.63, 3.8) is 0 Å². The summed E-state index contributed by atoms with van der Waals surface area (Å²) in [5, 5.41) is 10.9. The molecule has 1 amide bonds. The van der Waals surface area contributed by atoms with Gasteiger partial charge in [-0.3, -0.25) is 24.5 Å². The Bertz CT molecular complexity index is 1010. The molecule has 1 heterocycles. The van der Waals surface area contributed by atoms with Gasteiger partial charge >= 0.3 is 5.97 Å². The van der Waals surface area contributed by atoms with E-state index in [4.69, 9.17) is 9.47 Å². The third-order valence-corrected chi connectivity index (χ3v) is 5.16. The van der Waals surface area contributed by atoms with Gasteiger partial charge in [-0.1, -0.05) is 28.1 Å². The molecule has 0 radical (unpaired) electrons. The normalized spacial score (nSPS) is 15.7. The van der Waals surface area contributed by atoms with E-state index in [0.29, 0.717) is 11.3 Å². The topological polar surface area (TPSA) is 116 Å². The van der Waals surface area contributed by atoms with Gasteiger partial charge in [0, 0.05) is 29.1 Å². The second kappa shape index (κ2) is 9.04. The first-order valence-electron chi connectivity index (χ1n) is 8.88. The van der Waals surface area contributed by atoms with Crippen molar-refractivity contribution in [2.75, 3.05) is 25.2 Å². The van der Waals surface area contributed by atoms with E-state index in [1.165, 1.54) is 30.2 Å². The van der Waals surface area contributed by atoms with Crippen molar-refractivity contribution < 1.29 is 28.8 Å². The summed E-state index contributed by atoms with van der Waals surface area (Å²) in [7, 11) is 1.34. The van der Waals surface area contributed by atoms with E-state index in [9.17, 15) is 24.5 Å². The van der Waals surface area contributed by atoms with Crippen LogP contribution in [0.5, 0.6) is 5.75 Å². The molecule has 1 fully saturated rings. The minimum Gasteiger partial charge on any atom is -0.494 e. The van der Waals surface area contributed by atoms with Crippen LogP contribution in [0.15, 0.2) is 46.9 Å². The number of hydrogen-bond acceptors (Lipinski definition) is 7. The Balaban J connectivity index is 1.65. The van der Waals surface area contributed by atoms with Crippen molar-refractivity contribution >= 4 is 45.0 Å². The number of hydrogen-bond donors (Lipinski definition) is 0. The molecule has 1 aliphatic heterocycles. The highest BCUT2D eigenvalue weighted by molar-refractivity contribution is 9.10. The van der Waals surface area contributed by atoms with E-state index in [1.54, 1.807) is 24.3 Å². The molecule has 1 atom stereocenters. The summed E-state index contributed by atoms with van der Waals surface area (Å²) < 4.78 is 11.1. The molecular weight excluding hydrogens is 460 g/mol. The van der Waals surface area contributed by atoms with Gasteiger partial charge in [0.25, 0.3) is 5.69 Å². The molecule has 9 nitrogen and oxygen atoms in total. The van der Waals surface area contributed by atoms with E-state index >= 15 is 0 Å². The maximum absolute atomic E-state index is 12.4. The largest absolute Gasteiger partial charge is 0.494 e. The van der Waals surface area contributed by atoms with Crippen LogP contribution in [0, 0.1) is 16.0 Å². The van der Waals surface area contributed by atoms with Gasteiger partial charge in [-0.05, 0) is 18.2 Å². The Labute approximate surface area is 179 Å². The Morgan fingerprint density at radius 1 is 1.23 bits per heavy atom. The van der Waals surface area contributed by atoms with Crippen LogP contribution in [0.4, 0.5) is 11.4 Å². The molecule has 0 unspecified atom stereocenters. The van der Waals surface area contributed by atoms with E-state index < -0.39 is 23.4 Å². The zero-order valence-electron chi connectivity index (χ0n) is 15.9. The number of nitro groups is 1. The molecule has 1 saturated heterocycles. The van der Waals surface area contributed by atoms with Crippen LogP contribution < -0.4 is 9.64 Å². The van der Waals surface area contributed by atoms with Crippen LogP contribution in [0.25, 0.3) is 0 Å². The molecule has 0 aromatic heterocycles. The van der Waals surface area contributed by atoms with E-state index in [2.05, 4.69) is 15.9 Å². The molecule has 2 aromatic rings. The highest BCUT2D eigenvalue weighted by Crippen LogP contribution is 2.36. The molecule has 156 valence electrons. The van der Waals surface area contributed by atoms with Crippen LogP contribution >= 0.6 is 15.9 Å². The lowest BCUT2D eigenvalue weighted by Crippen LogP contribution is -2.27. The summed E-state index contributed by atoms with van der Waals surface area (Å²) in [6.07, 6.45) is -0.0918. The SMILES string of the molecule is COc1cc([N+](=O)[O-])ccc1N1C[C@@H](C(=O)OCC(=O)c2ccc(Br)cc2)CC1=O. The lowest BCUT2D eigenvalue weighted by molar-refractivity contribution is -0.384. The van der Waals surface area contributed by atoms with Gasteiger partial charge in [-0.15, -0.1) is 0 Å². The maximum atomic E-state index is 12.4. The van der Waals surface area contributed by atoms with Gasteiger partial charge in [-0.25, -0.2) is 0 Å². The Morgan fingerprint density at radius 2 is 1.93 bits per heavy atom. The first-order chi connectivity index (χ1) is 14.3. The van der Waals surface area contributed by atoms with Gasteiger partial charge in [0.2, 0.25) is 5.91 Å². The molecule has 0 saturated carbocycles. The number of benzene rings is 2. The molecule has 30 heavy (non-hydrogen) atoms. The molecule has 2 aromatic carbocycles. The molecule has 1 aliphatic rings. The molecule has 10 heteroatoms. The predicted molar refractivity (Wildman–Crippen MR) is 110 cm³/mol. The number of ether oxygens (including phenoxy) is 2. The van der Waals surface area contributed by atoms with Gasteiger partial charge in [0.05, 0.1) is 29.7 Å².